The van der Waals surface area contributed by atoms with E-state index in [1.54, 1.807) is 6.07 Å². The van der Waals surface area contributed by atoms with Crippen LogP contribution >= 0.6 is 11.6 Å². The van der Waals surface area contributed by atoms with Crippen molar-refractivity contribution in [3.63, 3.8) is 0 Å². The Morgan fingerprint density at radius 3 is 2.65 bits per heavy atom. The predicted octanol–water partition coefficient (Wildman–Crippen LogP) is 4.22. The SMILES string of the molecule is CCNCC(c1cccc(Cl)c1F)C(C)CC. The monoisotopic (exact) mass is 257 g/mol. The van der Waals surface area contributed by atoms with E-state index in [2.05, 4.69) is 26.1 Å². The van der Waals surface area contributed by atoms with E-state index in [0.717, 1.165) is 25.1 Å². The van der Waals surface area contributed by atoms with Gasteiger partial charge in [0.15, 0.2) is 0 Å². The van der Waals surface area contributed by atoms with Gasteiger partial charge in [-0.1, -0.05) is 50.9 Å². The Bertz CT molecular complexity index is 354. The van der Waals surface area contributed by atoms with Crippen LogP contribution in [0.1, 0.15) is 38.7 Å². The molecule has 0 aliphatic heterocycles. The number of nitrogens with one attached hydrogen (secondary N) is 1. The van der Waals surface area contributed by atoms with E-state index in [1.807, 2.05) is 12.1 Å². The first-order chi connectivity index (χ1) is 8.11. The standard InChI is InChI=1S/C14H21ClFN/c1-4-10(3)12(9-17-5-2)11-7-6-8-13(15)14(11)16/h6-8,10,12,17H,4-5,9H2,1-3H3. The molecule has 2 unspecified atom stereocenters. The number of rotatable bonds is 6. The van der Waals surface area contributed by atoms with Crippen molar-refractivity contribution in [1.82, 2.24) is 5.32 Å². The average Bonchev–Trinajstić information content (AvgIpc) is 2.34. The van der Waals surface area contributed by atoms with E-state index in [-0.39, 0.29) is 16.8 Å². The lowest BCUT2D eigenvalue weighted by Gasteiger charge is -2.24. The van der Waals surface area contributed by atoms with E-state index in [4.69, 9.17) is 11.6 Å². The van der Waals surface area contributed by atoms with Crippen LogP contribution in [0.3, 0.4) is 0 Å². The molecule has 0 bridgehead atoms. The molecule has 0 amide bonds. The highest BCUT2D eigenvalue weighted by atomic mass is 35.5. The topological polar surface area (TPSA) is 12.0 Å². The van der Waals surface area contributed by atoms with Gasteiger partial charge in [-0.2, -0.15) is 0 Å². The molecule has 2 atom stereocenters. The lowest BCUT2D eigenvalue weighted by Crippen LogP contribution is -2.26. The first kappa shape index (κ1) is 14.5. The summed E-state index contributed by atoms with van der Waals surface area (Å²) in [5.41, 5.74) is 0.729. The quantitative estimate of drug-likeness (QED) is 0.805. The van der Waals surface area contributed by atoms with Gasteiger partial charge in [0.25, 0.3) is 0 Å². The van der Waals surface area contributed by atoms with Crippen molar-refractivity contribution in [2.24, 2.45) is 5.92 Å². The Balaban J connectivity index is 2.99. The fourth-order valence-electron chi connectivity index (χ4n) is 2.01. The van der Waals surface area contributed by atoms with Crippen molar-refractivity contribution in [1.29, 1.82) is 0 Å². The maximum Gasteiger partial charge on any atom is 0.145 e. The van der Waals surface area contributed by atoms with Gasteiger partial charge in [-0.25, -0.2) is 4.39 Å². The molecule has 3 heteroatoms. The van der Waals surface area contributed by atoms with Crippen molar-refractivity contribution < 1.29 is 4.39 Å². The van der Waals surface area contributed by atoms with Crippen LogP contribution < -0.4 is 5.32 Å². The second-order valence-corrected chi connectivity index (χ2v) is 4.85. The summed E-state index contributed by atoms with van der Waals surface area (Å²) in [7, 11) is 0. The summed E-state index contributed by atoms with van der Waals surface area (Å²) in [6, 6.07) is 5.26. The van der Waals surface area contributed by atoms with Crippen molar-refractivity contribution >= 4 is 11.6 Å². The van der Waals surface area contributed by atoms with Gasteiger partial charge in [0, 0.05) is 12.5 Å². The van der Waals surface area contributed by atoms with Gasteiger partial charge in [0.2, 0.25) is 0 Å². The molecule has 1 rings (SSSR count). The van der Waals surface area contributed by atoms with Crippen LogP contribution in [0.5, 0.6) is 0 Å². The molecule has 0 spiro atoms. The molecule has 0 aliphatic carbocycles. The highest BCUT2D eigenvalue weighted by Crippen LogP contribution is 2.31. The van der Waals surface area contributed by atoms with E-state index in [1.165, 1.54) is 0 Å². The average molecular weight is 258 g/mol. The van der Waals surface area contributed by atoms with Crippen molar-refractivity contribution in [3.8, 4) is 0 Å². The molecule has 1 N–H and O–H groups in total. The van der Waals surface area contributed by atoms with Crippen LogP contribution in [0.2, 0.25) is 5.02 Å². The van der Waals surface area contributed by atoms with E-state index >= 15 is 0 Å². The third-order valence-electron chi connectivity index (χ3n) is 3.33. The third kappa shape index (κ3) is 3.68. The van der Waals surface area contributed by atoms with Crippen LogP contribution in [0.4, 0.5) is 4.39 Å². The summed E-state index contributed by atoms with van der Waals surface area (Å²) in [6.07, 6.45) is 1.03. The van der Waals surface area contributed by atoms with Crippen LogP contribution in [-0.4, -0.2) is 13.1 Å². The normalized spacial score (nSPS) is 14.6. The lowest BCUT2D eigenvalue weighted by molar-refractivity contribution is 0.411. The third-order valence-corrected chi connectivity index (χ3v) is 3.62. The fourth-order valence-corrected chi connectivity index (χ4v) is 2.19. The van der Waals surface area contributed by atoms with Crippen molar-refractivity contribution in [2.75, 3.05) is 13.1 Å². The minimum atomic E-state index is -0.266. The van der Waals surface area contributed by atoms with Gasteiger partial charge in [0.1, 0.15) is 5.82 Å². The second-order valence-electron chi connectivity index (χ2n) is 4.44. The Labute approximate surface area is 108 Å². The lowest BCUT2D eigenvalue weighted by atomic mass is 9.85. The molecule has 0 aromatic heterocycles. The summed E-state index contributed by atoms with van der Waals surface area (Å²) < 4.78 is 14.0. The van der Waals surface area contributed by atoms with Crippen LogP contribution in [0.15, 0.2) is 18.2 Å². The smallest absolute Gasteiger partial charge is 0.145 e. The van der Waals surface area contributed by atoms with Gasteiger partial charge < -0.3 is 5.32 Å². The van der Waals surface area contributed by atoms with Crippen LogP contribution in [-0.2, 0) is 0 Å². The zero-order valence-electron chi connectivity index (χ0n) is 10.8. The van der Waals surface area contributed by atoms with Crippen LogP contribution in [0.25, 0.3) is 0 Å². The zero-order chi connectivity index (χ0) is 12.8. The van der Waals surface area contributed by atoms with Gasteiger partial charge in [-0.3, -0.25) is 0 Å². The van der Waals surface area contributed by atoms with Gasteiger partial charge in [-0.15, -0.1) is 0 Å². The molecule has 0 fully saturated rings. The van der Waals surface area contributed by atoms with Crippen molar-refractivity contribution in [3.05, 3.63) is 34.6 Å². The molecule has 17 heavy (non-hydrogen) atoms. The number of benzene rings is 1. The minimum Gasteiger partial charge on any atom is -0.316 e. The molecule has 0 saturated carbocycles. The molecule has 1 aromatic rings. The first-order valence-corrected chi connectivity index (χ1v) is 6.64. The van der Waals surface area contributed by atoms with Crippen molar-refractivity contribution in [2.45, 2.75) is 33.1 Å². The molecule has 0 radical (unpaired) electrons. The number of halogens is 2. The maximum absolute atomic E-state index is 14.0. The summed E-state index contributed by atoms with van der Waals surface area (Å²) in [6.45, 7) is 8.04. The molecule has 1 aromatic carbocycles. The molecule has 0 aliphatic rings. The highest BCUT2D eigenvalue weighted by molar-refractivity contribution is 6.30. The summed E-state index contributed by atoms with van der Waals surface area (Å²) in [4.78, 5) is 0. The summed E-state index contributed by atoms with van der Waals surface area (Å²) >= 11 is 5.84. The molecule has 0 saturated heterocycles. The van der Waals surface area contributed by atoms with Crippen LogP contribution in [0, 0.1) is 11.7 Å². The Hall–Kier alpha value is -0.600. The summed E-state index contributed by atoms with van der Waals surface area (Å²) in [5, 5.41) is 3.51. The Morgan fingerprint density at radius 1 is 1.35 bits per heavy atom. The Kier molecular flexibility index (Phi) is 5.93. The first-order valence-electron chi connectivity index (χ1n) is 6.26. The molecule has 1 nitrogen and oxygen atoms in total. The van der Waals surface area contributed by atoms with E-state index in [9.17, 15) is 4.39 Å². The minimum absolute atomic E-state index is 0.179. The largest absolute Gasteiger partial charge is 0.316 e. The van der Waals surface area contributed by atoms with Gasteiger partial charge in [0.05, 0.1) is 5.02 Å². The second kappa shape index (κ2) is 6.97. The van der Waals surface area contributed by atoms with E-state index < -0.39 is 0 Å². The Morgan fingerprint density at radius 2 is 2.06 bits per heavy atom. The molecule has 96 valence electrons. The molecular formula is C14H21ClFN. The molecular weight excluding hydrogens is 237 g/mol. The zero-order valence-corrected chi connectivity index (χ0v) is 11.5. The maximum atomic E-state index is 14.0. The number of hydrogen-bond acceptors (Lipinski definition) is 1. The highest BCUT2D eigenvalue weighted by Gasteiger charge is 2.21. The summed E-state index contributed by atoms with van der Waals surface area (Å²) in [5.74, 6) is 0.345. The predicted molar refractivity (Wildman–Crippen MR) is 72.1 cm³/mol. The number of likely N-dealkylation sites (N-methyl/N-ethyl adjacent to an activating group) is 1. The van der Waals surface area contributed by atoms with Gasteiger partial charge >= 0.3 is 0 Å². The molecule has 0 heterocycles. The van der Waals surface area contributed by atoms with Gasteiger partial charge in [-0.05, 0) is 24.1 Å². The fraction of sp³-hybridized carbons (Fsp3) is 0.571. The van der Waals surface area contributed by atoms with E-state index in [0.29, 0.717) is 5.92 Å². The number of hydrogen-bond donors (Lipinski definition) is 1.